The number of aryl methyl sites for hydroxylation is 1. The maximum absolute atomic E-state index is 12.4. The van der Waals surface area contributed by atoms with Gasteiger partial charge in [0.1, 0.15) is 0 Å². The highest BCUT2D eigenvalue weighted by Crippen LogP contribution is 2.38. The van der Waals surface area contributed by atoms with E-state index in [4.69, 9.17) is 4.74 Å². The highest BCUT2D eigenvalue weighted by atomic mass is 16.5. The predicted octanol–water partition coefficient (Wildman–Crippen LogP) is 1.70. The molecule has 0 saturated heterocycles. The van der Waals surface area contributed by atoms with Gasteiger partial charge in [-0.25, -0.2) is 4.98 Å². The Kier molecular flexibility index (Phi) is 5.65. The van der Waals surface area contributed by atoms with Gasteiger partial charge in [-0.2, -0.15) is 5.10 Å². The van der Waals surface area contributed by atoms with Gasteiger partial charge in [-0.1, -0.05) is 6.07 Å². The van der Waals surface area contributed by atoms with Crippen molar-refractivity contribution >= 4 is 5.91 Å². The SMILES string of the molecule is COc1ccc(C(NC(=O)CCCn2cccn2)C2CC(O)C2)cn1. The first kappa shape index (κ1) is 17.4. The molecule has 1 amide bonds. The molecule has 2 aromatic rings. The minimum absolute atomic E-state index is 0.00867. The number of carbonyl (C=O) groups excluding carboxylic acids is 1. The predicted molar refractivity (Wildman–Crippen MR) is 91.9 cm³/mol. The fourth-order valence-corrected chi connectivity index (χ4v) is 3.15. The van der Waals surface area contributed by atoms with Crippen LogP contribution in [0.2, 0.25) is 0 Å². The molecular formula is C18H24N4O3. The molecule has 1 saturated carbocycles. The van der Waals surface area contributed by atoms with Crippen LogP contribution in [-0.2, 0) is 11.3 Å². The number of nitrogens with zero attached hydrogens (tertiary/aromatic N) is 3. The number of ether oxygens (including phenoxy) is 1. The molecule has 2 heterocycles. The molecule has 0 aromatic carbocycles. The van der Waals surface area contributed by atoms with Gasteiger partial charge in [-0.15, -0.1) is 0 Å². The van der Waals surface area contributed by atoms with Gasteiger partial charge in [-0.05, 0) is 36.8 Å². The van der Waals surface area contributed by atoms with Crippen LogP contribution in [0.25, 0.3) is 0 Å². The molecular weight excluding hydrogens is 320 g/mol. The molecule has 1 fully saturated rings. The number of aliphatic hydroxyl groups excluding tert-OH is 1. The number of rotatable bonds is 8. The van der Waals surface area contributed by atoms with Crippen molar-refractivity contribution in [1.82, 2.24) is 20.1 Å². The van der Waals surface area contributed by atoms with Crippen molar-refractivity contribution in [2.24, 2.45) is 5.92 Å². The summed E-state index contributed by atoms with van der Waals surface area (Å²) in [5.41, 5.74) is 0.943. The highest BCUT2D eigenvalue weighted by Gasteiger charge is 2.35. The standard InChI is InChI=1S/C18H24N4O3/c1-25-17-6-5-13(12-19-17)18(14-10-15(23)11-14)21-16(24)4-2-8-22-9-3-7-20-22/h3,5-7,9,12,14-15,18,23H,2,4,8,10-11H2,1H3,(H,21,24). The number of carbonyl (C=O) groups is 1. The largest absolute Gasteiger partial charge is 0.481 e. The van der Waals surface area contributed by atoms with Gasteiger partial charge >= 0.3 is 0 Å². The van der Waals surface area contributed by atoms with Gasteiger partial charge in [-0.3, -0.25) is 9.48 Å². The molecule has 134 valence electrons. The zero-order valence-electron chi connectivity index (χ0n) is 14.3. The third-order valence-corrected chi connectivity index (χ3v) is 4.62. The van der Waals surface area contributed by atoms with Crippen LogP contribution in [0.4, 0.5) is 0 Å². The molecule has 0 bridgehead atoms. The van der Waals surface area contributed by atoms with E-state index in [1.807, 2.05) is 23.0 Å². The maximum atomic E-state index is 12.4. The number of aliphatic hydroxyl groups is 1. The van der Waals surface area contributed by atoms with E-state index in [2.05, 4.69) is 15.4 Å². The zero-order chi connectivity index (χ0) is 17.6. The molecule has 0 radical (unpaired) electrons. The van der Waals surface area contributed by atoms with E-state index in [0.29, 0.717) is 25.1 Å². The molecule has 1 atom stereocenters. The average molecular weight is 344 g/mol. The Labute approximate surface area is 147 Å². The van der Waals surface area contributed by atoms with Crippen LogP contribution >= 0.6 is 0 Å². The van der Waals surface area contributed by atoms with Crippen LogP contribution in [-0.4, -0.2) is 39.0 Å². The number of hydrogen-bond acceptors (Lipinski definition) is 5. The van der Waals surface area contributed by atoms with E-state index in [9.17, 15) is 9.90 Å². The van der Waals surface area contributed by atoms with Crippen LogP contribution in [0.3, 0.4) is 0 Å². The van der Waals surface area contributed by atoms with Crippen LogP contribution in [0.5, 0.6) is 5.88 Å². The Morgan fingerprint density at radius 1 is 1.48 bits per heavy atom. The van der Waals surface area contributed by atoms with E-state index >= 15 is 0 Å². The third-order valence-electron chi connectivity index (χ3n) is 4.62. The average Bonchev–Trinajstić information content (AvgIpc) is 3.11. The Balaban J connectivity index is 1.57. The number of nitrogens with one attached hydrogen (secondary N) is 1. The zero-order valence-corrected chi connectivity index (χ0v) is 14.3. The van der Waals surface area contributed by atoms with Crippen molar-refractivity contribution < 1.29 is 14.6 Å². The van der Waals surface area contributed by atoms with Crippen molar-refractivity contribution in [3.05, 3.63) is 42.4 Å². The smallest absolute Gasteiger partial charge is 0.220 e. The Morgan fingerprint density at radius 3 is 2.92 bits per heavy atom. The van der Waals surface area contributed by atoms with Crippen molar-refractivity contribution in [2.45, 2.75) is 44.4 Å². The second kappa shape index (κ2) is 8.11. The minimum Gasteiger partial charge on any atom is -0.481 e. The number of pyridine rings is 1. The normalized spacial score (nSPS) is 20.6. The van der Waals surface area contributed by atoms with E-state index < -0.39 is 0 Å². The van der Waals surface area contributed by atoms with E-state index in [1.165, 1.54) is 0 Å². The van der Waals surface area contributed by atoms with Crippen LogP contribution in [0, 0.1) is 5.92 Å². The fourth-order valence-electron chi connectivity index (χ4n) is 3.15. The van der Waals surface area contributed by atoms with Crippen LogP contribution in [0.1, 0.15) is 37.3 Å². The van der Waals surface area contributed by atoms with Crippen LogP contribution in [0.15, 0.2) is 36.8 Å². The van der Waals surface area contributed by atoms with Crippen LogP contribution < -0.4 is 10.1 Å². The Morgan fingerprint density at radius 2 is 2.32 bits per heavy atom. The molecule has 1 aliphatic rings. The number of methoxy groups -OCH3 is 1. The first-order valence-corrected chi connectivity index (χ1v) is 8.60. The second-order valence-electron chi connectivity index (χ2n) is 6.44. The summed E-state index contributed by atoms with van der Waals surface area (Å²) in [6.45, 7) is 0.720. The molecule has 3 rings (SSSR count). The molecule has 2 aromatic heterocycles. The second-order valence-corrected chi connectivity index (χ2v) is 6.44. The molecule has 25 heavy (non-hydrogen) atoms. The van der Waals surface area contributed by atoms with Crippen molar-refractivity contribution in [1.29, 1.82) is 0 Å². The summed E-state index contributed by atoms with van der Waals surface area (Å²) in [5.74, 6) is 0.788. The van der Waals surface area contributed by atoms with E-state index in [0.717, 1.165) is 18.5 Å². The lowest BCUT2D eigenvalue weighted by Gasteiger charge is -2.38. The fraction of sp³-hybridized carbons (Fsp3) is 0.500. The molecule has 1 unspecified atom stereocenters. The molecule has 1 aliphatic carbocycles. The number of aromatic nitrogens is 3. The highest BCUT2D eigenvalue weighted by molar-refractivity contribution is 5.76. The lowest BCUT2D eigenvalue weighted by molar-refractivity contribution is -0.123. The summed E-state index contributed by atoms with van der Waals surface area (Å²) < 4.78 is 6.91. The quantitative estimate of drug-likeness (QED) is 0.761. The summed E-state index contributed by atoms with van der Waals surface area (Å²) in [6, 6.07) is 5.46. The van der Waals surface area contributed by atoms with Gasteiger partial charge in [0, 0.05) is 37.6 Å². The minimum atomic E-state index is -0.268. The molecule has 0 aliphatic heterocycles. The lowest BCUT2D eigenvalue weighted by atomic mass is 9.75. The van der Waals surface area contributed by atoms with Gasteiger partial charge in [0.15, 0.2) is 0 Å². The Bertz CT molecular complexity index is 666. The van der Waals surface area contributed by atoms with Crippen molar-refractivity contribution in [3.63, 3.8) is 0 Å². The third kappa shape index (κ3) is 4.57. The summed E-state index contributed by atoms with van der Waals surface area (Å²) in [7, 11) is 1.57. The summed E-state index contributed by atoms with van der Waals surface area (Å²) in [6.07, 6.45) is 7.65. The monoisotopic (exact) mass is 344 g/mol. The first-order chi connectivity index (χ1) is 12.2. The van der Waals surface area contributed by atoms with E-state index in [-0.39, 0.29) is 24.0 Å². The van der Waals surface area contributed by atoms with Gasteiger partial charge in [0.05, 0.1) is 19.3 Å². The summed E-state index contributed by atoms with van der Waals surface area (Å²) in [4.78, 5) is 16.6. The van der Waals surface area contributed by atoms with Gasteiger partial charge in [0.2, 0.25) is 11.8 Å². The maximum Gasteiger partial charge on any atom is 0.220 e. The Hall–Kier alpha value is -2.41. The molecule has 7 nitrogen and oxygen atoms in total. The van der Waals surface area contributed by atoms with Gasteiger partial charge < -0.3 is 15.2 Å². The number of amides is 1. The topological polar surface area (TPSA) is 89.3 Å². The lowest BCUT2D eigenvalue weighted by Crippen LogP contribution is -2.41. The summed E-state index contributed by atoms with van der Waals surface area (Å²) in [5, 5.41) is 16.9. The molecule has 7 heteroatoms. The van der Waals surface area contributed by atoms with Gasteiger partial charge in [0.25, 0.3) is 0 Å². The van der Waals surface area contributed by atoms with E-state index in [1.54, 1.807) is 25.6 Å². The molecule has 2 N–H and O–H groups in total. The molecule has 0 spiro atoms. The van der Waals surface area contributed by atoms with Crippen molar-refractivity contribution in [3.8, 4) is 5.88 Å². The number of hydrogen-bond donors (Lipinski definition) is 2. The first-order valence-electron chi connectivity index (χ1n) is 8.60. The van der Waals surface area contributed by atoms with Crippen molar-refractivity contribution in [2.75, 3.05) is 7.11 Å². The summed E-state index contributed by atoms with van der Waals surface area (Å²) >= 11 is 0.